The topological polar surface area (TPSA) is 63.5 Å². The van der Waals surface area contributed by atoms with Crippen molar-refractivity contribution < 1.29 is 9.72 Å². The van der Waals surface area contributed by atoms with E-state index in [2.05, 4.69) is 15.9 Å². The number of carbonyl (C=O) groups excluding carboxylic acids is 1. The van der Waals surface area contributed by atoms with Gasteiger partial charge < -0.3 is 4.90 Å². The molecular formula is C10H10BrClN2O3. The summed E-state index contributed by atoms with van der Waals surface area (Å²) in [7, 11) is 1.59. The van der Waals surface area contributed by atoms with Crippen LogP contribution in [0.1, 0.15) is 10.4 Å². The summed E-state index contributed by atoms with van der Waals surface area (Å²) in [6, 6.07) is 4.01. The van der Waals surface area contributed by atoms with Crippen LogP contribution >= 0.6 is 27.5 Å². The number of nitro benzene ring substituents is 1. The van der Waals surface area contributed by atoms with E-state index in [1.807, 2.05) is 0 Å². The van der Waals surface area contributed by atoms with Crippen LogP contribution < -0.4 is 0 Å². The van der Waals surface area contributed by atoms with Crippen molar-refractivity contribution >= 4 is 39.1 Å². The van der Waals surface area contributed by atoms with Crippen molar-refractivity contribution in [2.24, 2.45) is 0 Å². The summed E-state index contributed by atoms with van der Waals surface area (Å²) in [5.41, 5.74) is -0.230. The third-order valence-electron chi connectivity index (χ3n) is 2.15. The molecule has 1 rings (SSSR count). The standard InChI is InChI=1S/C10H10BrClN2O3/c1-13(5-4-11)10(15)8-3-2-7(12)6-9(8)14(16)17/h2-3,6H,4-5H2,1H3. The third-order valence-corrected chi connectivity index (χ3v) is 2.74. The molecule has 7 heteroatoms. The van der Waals surface area contributed by atoms with Crippen molar-refractivity contribution in [3.05, 3.63) is 38.9 Å². The molecule has 0 heterocycles. The number of carbonyl (C=O) groups is 1. The minimum absolute atomic E-state index is 0.0443. The van der Waals surface area contributed by atoms with Crippen LogP contribution in [0.25, 0.3) is 0 Å². The van der Waals surface area contributed by atoms with Crippen molar-refractivity contribution in [1.82, 2.24) is 4.90 Å². The van der Waals surface area contributed by atoms with E-state index in [1.165, 1.54) is 23.1 Å². The Morgan fingerprint density at radius 1 is 1.59 bits per heavy atom. The number of halogens is 2. The predicted molar refractivity (Wildman–Crippen MR) is 68.9 cm³/mol. The molecule has 0 spiro atoms. The molecule has 0 fully saturated rings. The van der Waals surface area contributed by atoms with E-state index in [9.17, 15) is 14.9 Å². The number of hydrogen-bond donors (Lipinski definition) is 0. The monoisotopic (exact) mass is 320 g/mol. The molecule has 17 heavy (non-hydrogen) atoms. The van der Waals surface area contributed by atoms with Crippen LogP contribution in [0.2, 0.25) is 5.02 Å². The van der Waals surface area contributed by atoms with Crippen LogP contribution in [0.15, 0.2) is 18.2 Å². The van der Waals surface area contributed by atoms with Gasteiger partial charge in [0.1, 0.15) is 5.56 Å². The average Bonchev–Trinajstić information content (AvgIpc) is 2.28. The molecule has 0 saturated heterocycles. The maximum atomic E-state index is 11.9. The molecule has 1 amide bonds. The number of nitro groups is 1. The largest absolute Gasteiger partial charge is 0.341 e. The van der Waals surface area contributed by atoms with Gasteiger partial charge in [-0.3, -0.25) is 14.9 Å². The van der Waals surface area contributed by atoms with Gasteiger partial charge >= 0.3 is 0 Å². The van der Waals surface area contributed by atoms with E-state index < -0.39 is 10.8 Å². The fraction of sp³-hybridized carbons (Fsp3) is 0.300. The minimum Gasteiger partial charge on any atom is -0.341 e. The van der Waals surface area contributed by atoms with Crippen molar-refractivity contribution in [2.45, 2.75) is 0 Å². The molecule has 0 aliphatic rings. The van der Waals surface area contributed by atoms with Gasteiger partial charge in [0.05, 0.1) is 4.92 Å². The van der Waals surface area contributed by atoms with Crippen molar-refractivity contribution in [3.8, 4) is 0 Å². The van der Waals surface area contributed by atoms with Gasteiger partial charge in [0.2, 0.25) is 0 Å². The molecule has 0 atom stereocenters. The van der Waals surface area contributed by atoms with E-state index in [1.54, 1.807) is 7.05 Å². The van der Waals surface area contributed by atoms with E-state index >= 15 is 0 Å². The molecule has 0 aliphatic carbocycles. The molecule has 0 radical (unpaired) electrons. The second kappa shape index (κ2) is 5.97. The average molecular weight is 322 g/mol. The van der Waals surface area contributed by atoms with E-state index in [4.69, 9.17) is 11.6 Å². The fourth-order valence-corrected chi connectivity index (χ4v) is 1.97. The lowest BCUT2D eigenvalue weighted by atomic mass is 10.1. The maximum Gasteiger partial charge on any atom is 0.283 e. The van der Waals surface area contributed by atoms with Gasteiger partial charge in [0.15, 0.2) is 0 Å². The van der Waals surface area contributed by atoms with Crippen molar-refractivity contribution in [1.29, 1.82) is 0 Å². The lowest BCUT2D eigenvalue weighted by Crippen LogP contribution is -2.29. The molecule has 0 unspecified atom stereocenters. The first kappa shape index (κ1) is 13.9. The molecule has 1 aromatic carbocycles. The Labute approximate surface area is 112 Å². The fourth-order valence-electron chi connectivity index (χ4n) is 1.27. The van der Waals surface area contributed by atoms with E-state index in [-0.39, 0.29) is 16.3 Å². The zero-order valence-corrected chi connectivity index (χ0v) is 11.4. The Balaban J connectivity index is 3.13. The SMILES string of the molecule is CN(CCBr)C(=O)c1ccc(Cl)cc1[N+](=O)[O-]. The molecule has 92 valence electrons. The van der Waals surface area contributed by atoms with Gasteiger partial charge in [-0.1, -0.05) is 27.5 Å². The lowest BCUT2D eigenvalue weighted by molar-refractivity contribution is -0.385. The van der Waals surface area contributed by atoms with Crippen LogP contribution in [0.4, 0.5) is 5.69 Å². The first-order valence-electron chi connectivity index (χ1n) is 4.72. The summed E-state index contributed by atoms with van der Waals surface area (Å²) >= 11 is 8.87. The number of rotatable bonds is 4. The first-order chi connectivity index (χ1) is 7.97. The highest BCUT2D eigenvalue weighted by Crippen LogP contribution is 2.24. The molecule has 1 aromatic rings. The van der Waals surface area contributed by atoms with Crippen LogP contribution in [0.3, 0.4) is 0 Å². The van der Waals surface area contributed by atoms with E-state index in [0.29, 0.717) is 11.9 Å². The highest BCUT2D eigenvalue weighted by Gasteiger charge is 2.22. The van der Waals surface area contributed by atoms with Gasteiger partial charge in [-0.2, -0.15) is 0 Å². The molecule has 0 aliphatic heterocycles. The van der Waals surface area contributed by atoms with Gasteiger partial charge in [0.25, 0.3) is 11.6 Å². The highest BCUT2D eigenvalue weighted by molar-refractivity contribution is 9.09. The quantitative estimate of drug-likeness (QED) is 0.486. The molecular weight excluding hydrogens is 311 g/mol. The number of nitrogens with zero attached hydrogens (tertiary/aromatic N) is 2. The Kier molecular flexibility index (Phi) is 4.89. The Morgan fingerprint density at radius 2 is 2.24 bits per heavy atom. The van der Waals surface area contributed by atoms with Crippen LogP contribution in [-0.4, -0.2) is 34.7 Å². The predicted octanol–water partition coefficient (Wildman–Crippen LogP) is 2.72. The van der Waals surface area contributed by atoms with Crippen LogP contribution in [-0.2, 0) is 0 Å². The van der Waals surface area contributed by atoms with Gasteiger partial charge in [-0.25, -0.2) is 0 Å². The highest BCUT2D eigenvalue weighted by atomic mass is 79.9. The van der Waals surface area contributed by atoms with Crippen molar-refractivity contribution in [3.63, 3.8) is 0 Å². The first-order valence-corrected chi connectivity index (χ1v) is 6.22. The zero-order valence-electron chi connectivity index (χ0n) is 9.02. The second-order valence-corrected chi connectivity index (χ2v) is 4.56. The van der Waals surface area contributed by atoms with Crippen LogP contribution in [0.5, 0.6) is 0 Å². The summed E-state index contributed by atoms with van der Waals surface area (Å²) in [6.45, 7) is 0.471. The summed E-state index contributed by atoms with van der Waals surface area (Å²) in [4.78, 5) is 23.6. The number of amides is 1. The number of alkyl halides is 1. The third kappa shape index (κ3) is 3.41. The minimum atomic E-state index is -0.610. The Hall–Kier alpha value is -1.14. The molecule has 0 aromatic heterocycles. The smallest absolute Gasteiger partial charge is 0.283 e. The van der Waals surface area contributed by atoms with Crippen LogP contribution in [0, 0.1) is 10.1 Å². The Bertz CT molecular complexity index is 453. The second-order valence-electron chi connectivity index (χ2n) is 3.33. The normalized spacial score (nSPS) is 10.1. The van der Waals surface area contributed by atoms with Crippen molar-refractivity contribution in [2.75, 3.05) is 18.9 Å². The summed E-state index contributed by atoms with van der Waals surface area (Å²) in [5.74, 6) is -0.396. The lowest BCUT2D eigenvalue weighted by Gasteiger charge is -2.15. The van der Waals surface area contributed by atoms with Gasteiger partial charge in [-0.15, -0.1) is 0 Å². The zero-order chi connectivity index (χ0) is 13.0. The summed E-state index contributed by atoms with van der Waals surface area (Å²) < 4.78 is 0. The molecule has 0 N–H and O–H groups in total. The molecule has 0 bridgehead atoms. The molecule has 0 saturated carbocycles. The number of hydrogen-bond acceptors (Lipinski definition) is 3. The van der Waals surface area contributed by atoms with Gasteiger partial charge in [0, 0.05) is 30.0 Å². The molecule has 5 nitrogen and oxygen atoms in total. The number of benzene rings is 1. The summed E-state index contributed by atoms with van der Waals surface area (Å²) in [5, 5.41) is 11.7. The van der Waals surface area contributed by atoms with E-state index in [0.717, 1.165) is 0 Å². The van der Waals surface area contributed by atoms with Gasteiger partial charge in [-0.05, 0) is 12.1 Å². The maximum absolute atomic E-state index is 11.9. The summed E-state index contributed by atoms with van der Waals surface area (Å²) in [6.07, 6.45) is 0. The Morgan fingerprint density at radius 3 is 2.76 bits per heavy atom.